The fourth-order valence-electron chi connectivity index (χ4n) is 1.30. The fraction of sp³-hybridized carbons (Fsp3) is 0.700. The molecule has 0 amide bonds. The molecule has 0 aliphatic rings. The van der Waals surface area contributed by atoms with E-state index in [9.17, 15) is 8.42 Å². The third-order valence-electron chi connectivity index (χ3n) is 1.91. The van der Waals surface area contributed by atoms with Crippen molar-refractivity contribution in [3.05, 3.63) is 12.4 Å². The van der Waals surface area contributed by atoms with Crippen LogP contribution in [0.1, 0.15) is 27.2 Å². The van der Waals surface area contributed by atoms with Gasteiger partial charge in [0.25, 0.3) is 0 Å². The standard InChI is InChI=1S/C10H19N3O3S/c1-10(2,3)12-17(15,16)9-7-11-13(8-9)5-4-6-14/h7-8,12,14H,4-6H2,1-3H3. The SMILES string of the molecule is CC(C)(C)NS(=O)(=O)c1cnn(CCCO)c1. The first-order valence-electron chi connectivity index (χ1n) is 5.42. The van der Waals surface area contributed by atoms with E-state index in [1.54, 1.807) is 20.8 Å². The second-order valence-electron chi connectivity index (χ2n) is 4.87. The quantitative estimate of drug-likeness (QED) is 0.800. The number of hydrogen-bond donors (Lipinski definition) is 2. The molecule has 1 aromatic heterocycles. The first-order chi connectivity index (χ1) is 7.74. The van der Waals surface area contributed by atoms with E-state index in [4.69, 9.17) is 5.11 Å². The molecule has 0 radical (unpaired) electrons. The molecular formula is C10H19N3O3S. The second-order valence-corrected chi connectivity index (χ2v) is 6.55. The van der Waals surface area contributed by atoms with Crippen LogP contribution in [0.4, 0.5) is 0 Å². The van der Waals surface area contributed by atoms with E-state index < -0.39 is 15.6 Å². The normalized spacial score (nSPS) is 12.9. The molecule has 0 fully saturated rings. The summed E-state index contributed by atoms with van der Waals surface area (Å²) in [5, 5.41) is 12.6. The van der Waals surface area contributed by atoms with Gasteiger partial charge in [0.15, 0.2) is 0 Å². The van der Waals surface area contributed by atoms with Crippen molar-refractivity contribution in [2.75, 3.05) is 6.61 Å². The summed E-state index contributed by atoms with van der Waals surface area (Å²) in [6, 6.07) is 0. The molecule has 1 heterocycles. The van der Waals surface area contributed by atoms with Gasteiger partial charge in [-0.1, -0.05) is 0 Å². The maximum absolute atomic E-state index is 11.9. The van der Waals surface area contributed by atoms with Crippen LogP contribution in [-0.2, 0) is 16.6 Å². The van der Waals surface area contributed by atoms with E-state index in [0.29, 0.717) is 13.0 Å². The predicted molar refractivity (Wildman–Crippen MR) is 64.0 cm³/mol. The molecule has 17 heavy (non-hydrogen) atoms. The molecule has 0 spiro atoms. The zero-order chi connectivity index (χ0) is 13.1. The number of nitrogens with one attached hydrogen (secondary N) is 1. The third kappa shape index (κ3) is 4.45. The summed E-state index contributed by atoms with van der Waals surface area (Å²) in [6.45, 7) is 5.89. The van der Waals surface area contributed by atoms with Gasteiger partial charge in [0.05, 0.1) is 6.20 Å². The number of aliphatic hydroxyl groups is 1. The molecule has 6 nitrogen and oxygen atoms in total. The number of aryl methyl sites for hydroxylation is 1. The van der Waals surface area contributed by atoms with Gasteiger partial charge in [-0.05, 0) is 27.2 Å². The second kappa shape index (κ2) is 5.16. The molecule has 1 rings (SSSR count). The van der Waals surface area contributed by atoms with Crippen LogP contribution in [-0.4, -0.2) is 35.5 Å². The molecule has 2 N–H and O–H groups in total. The molecular weight excluding hydrogens is 242 g/mol. The van der Waals surface area contributed by atoms with Crippen molar-refractivity contribution in [1.29, 1.82) is 0 Å². The number of rotatable bonds is 5. The Hall–Kier alpha value is -0.920. The van der Waals surface area contributed by atoms with Crippen LogP contribution in [0.2, 0.25) is 0 Å². The minimum Gasteiger partial charge on any atom is -0.396 e. The Bertz CT molecular complexity index is 459. The summed E-state index contributed by atoms with van der Waals surface area (Å²) < 4.78 is 27.9. The maximum atomic E-state index is 11.9. The van der Waals surface area contributed by atoms with Crippen molar-refractivity contribution in [2.24, 2.45) is 0 Å². The molecule has 0 atom stereocenters. The molecule has 0 saturated carbocycles. The molecule has 1 aromatic rings. The van der Waals surface area contributed by atoms with Crippen LogP contribution in [0.3, 0.4) is 0 Å². The topological polar surface area (TPSA) is 84.2 Å². The molecule has 0 aliphatic carbocycles. The van der Waals surface area contributed by atoms with Gasteiger partial charge in [0.1, 0.15) is 4.90 Å². The van der Waals surface area contributed by atoms with Crippen LogP contribution in [0.5, 0.6) is 0 Å². The minimum absolute atomic E-state index is 0.0577. The third-order valence-corrected chi connectivity index (χ3v) is 3.62. The maximum Gasteiger partial charge on any atom is 0.244 e. The zero-order valence-corrected chi connectivity index (χ0v) is 11.2. The van der Waals surface area contributed by atoms with Crippen molar-refractivity contribution in [1.82, 2.24) is 14.5 Å². The molecule has 0 saturated heterocycles. The summed E-state index contributed by atoms with van der Waals surface area (Å²) in [5.41, 5.74) is -0.522. The van der Waals surface area contributed by atoms with Crippen LogP contribution in [0, 0.1) is 0 Å². The Labute approximate surface area is 102 Å². The van der Waals surface area contributed by atoms with Gasteiger partial charge in [-0.25, -0.2) is 13.1 Å². The highest BCUT2D eigenvalue weighted by Crippen LogP contribution is 2.11. The monoisotopic (exact) mass is 261 g/mol. The van der Waals surface area contributed by atoms with E-state index >= 15 is 0 Å². The molecule has 0 aromatic carbocycles. The van der Waals surface area contributed by atoms with Crippen LogP contribution in [0.25, 0.3) is 0 Å². The number of aromatic nitrogens is 2. The zero-order valence-electron chi connectivity index (χ0n) is 10.3. The first kappa shape index (κ1) is 14.1. The van der Waals surface area contributed by atoms with E-state index in [1.165, 1.54) is 17.1 Å². The lowest BCUT2D eigenvalue weighted by atomic mass is 10.1. The van der Waals surface area contributed by atoms with E-state index in [0.717, 1.165) is 0 Å². The average molecular weight is 261 g/mol. The van der Waals surface area contributed by atoms with Gasteiger partial charge in [-0.15, -0.1) is 0 Å². The van der Waals surface area contributed by atoms with Gasteiger partial charge in [0, 0.05) is 24.9 Å². The fourth-order valence-corrected chi connectivity index (χ4v) is 2.67. The van der Waals surface area contributed by atoms with Crippen LogP contribution in [0.15, 0.2) is 17.3 Å². The first-order valence-corrected chi connectivity index (χ1v) is 6.90. The lowest BCUT2D eigenvalue weighted by Gasteiger charge is -2.19. The van der Waals surface area contributed by atoms with Crippen molar-refractivity contribution < 1.29 is 13.5 Å². The van der Waals surface area contributed by atoms with Crippen molar-refractivity contribution in [3.8, 4) is 0 Å². The van der Waals surface area contributed by atoms with Crippen molar-refractivity contribution in [2.45, 2.75) is 44.2 Å². The summed E-state index contributed by atoms with van der Waals surface area (Å²) >= 11 is 0. The molecule has 7 heteroatoms. The Morgan fingerprint density at radius 3 is 2.65 bits per heavy atom. The Kier molecular flexibility index (Phi) is 4.29. The van der Waals surface area contributed by atoms with Gasteiger partial charge in [-0.2, -0.15) is 5.10 Å². The lowest BCUT2D eigenvalue weighted by molar-refractivity contribution is 0.277. The smallest absolute Gasteiger partial charge is 0.244 e. The van der Waals surface area contributed by atoms with Gasteiger partial charge < -0.3 is 5.11 Å². The van der Waals surface area contributed by atoms with Crippen molar-refractivity contribution in [3.63, 3.8) is 0 Å². The summed E-state index contributed by atoms with van der Waals surface area (Å²) in [7, 11) is -3.52. The number of aliphatic hydroxyl groups excluding tert-OH is 1. The number of sulfonamides is 1. The van der Waals surface area contributed by atoms with E-state index in [-0.39, 0.29) is 11.5 Å². The Balaban J connectivity index is 2.82. The summed E-state index contributed by atoms with van der Waals surface area (Å²) in [5.74, 6) is 0. The Morgan fingerprint density at radius 2 is 2.12 bits per heavy atom. The minimum atomic E-state index is -3.52. The van der Waals surface area contributed by atoms with Gasteiger partial charge in [-0.3, -0.25) is 4.68 Å². The van der Waals surface area contributed by atoms with Crippen LogP contribution < -0.4 is 4.72 Å². The highest BCUT2D eigenvalue weighted by Gasteiger charge is 2.23. The number of nitrogens with zero attached hydrogens (tertiary/aromatic N) is 2. The summed E-state index contributed by atoms with van der Waals surface area (Å²) in [4.78, 5) is 0.144. The molecule has 0 bridgehead atoms. The van der Waals surface area contributed by atoms with E-state index in [2.05, 4.69) is 9.82 Å². The van der Waals surface area contributed by atoms with Gasteiger partial charge >= 0.3 is 0 Å². The Morgan fingerprint density at radius 1 is 1.47 bits per heavy atom. The number of hydrogen-bond acceptors (Lipinski definition) is 4. The van der Waals surface area contributed by atoms with Crippen molar-refractivity contribution >= 4 is 10.0 Å². The van der Waals surface area contributed by atoms with E-state index in [1.807, 2.05) is 0 Å². The largest absolute Gasteiger partial charge is 0.396 e. The lowest BCUT2D eigenvalue weighted by Crippen LogP contribution is -2.40. The summed E-state index contributed by atoms with van der Waals surface area (Å²) in [6.07, 6.45) is 3.32. The molecule has 0 unspecified atom stereocenters. The molecule has 0 aliphatic heterocycles. The van der Waals surface area contributed by atoms with Gasteiger partial charge in [0.2, 0.25) is 10.0 Å². The predicted octanol–water partition coefficient (Wildman–Crippen LogP) is 0.342. The highest BCUT2D eigenvalue weighted by molar-refractivity contribution is 7.89. The van der Waals surface area contributed by atoms with Crippen LogP contribution >= 0.6 is 0 Å². The average Bonchev–Trinajstić information content (AvgIpc) is 2.59. The highest BCUT2D eigenvalue weighted by atomic mass is 32.2. The molecule has 98 valence electrons.